The number of carbonyl (C=O) groups is 1. The van der Waals surface area contributed by atoms with Gasteiger partial charge in [-0.3, -0.25) is 4.79 Å². The van der Waals surface area contributed by atoms with Crippen molar-refractivity contribution < 1.29 is 9.90 Å². The predicted molar refractivity (Wildman–Crippen MR) is 72.3 cm³/mol. The van der Waals surface area contributed by atoms with Gasteiger partial charge in [0.25, 0.3) is 5.91 Å². The van der Waals surface area contributed by atoms with Crippen LogP contribution in [0.1, 0.15) is 18.2 Å². The van der Waals surface area contributed by atoms with E-state index in [4.69, 9.17) is 0 Å². The molecule has 4 heteroatoms. The number of para-hydroxylation sites is 1. The van der Waals surface area contributed by atoms with E-state index in [9.17, 15) is 9.90 Å². The second-order valence-corrected chi connectivity index (χ2v) is 5.41. The molecule has 96 valence electrons. The molecule has 4 nitrogen and oxygen atoms in total. The van der Waals surface area contributed by atoms with Crippen LogP contribution in [0.5, 0.6) is 0 Å². The standard InChI is InChI=1S/C15H14N2O2/c1-15(19)8-12-13-10(6-7-17(12)14(15)18)9-4-2-3-5-11(9)16-13/h2-5,8,16,19H,6-7H2,1H3. The lowest BCUT2D eigenvalue weighted by Crippen LogP contribution is -2.40. The van der Waals surface area contributed by atoms with Gasteiger partial charge in [0, 0.05) is 17.4 Å². The Kier molecular flexibility index (Phi) is 1.86. The molecule has 1 aromatic heterocycles. The molecule has 0 fully saturated rings. The van der Waals surface area contributed by atoms with Crippen LogP contribution in [0.15, 0.2) is 30.3 Å². The third-order valence-electron chi connectivity index (χ3n) is 4.04. The summed E-state index contributed by atoms with van der Waals surface area (Å²) in [6.45, 7) is 2.18. The van der Waals surface area contributed by atoms with Gasteiger partial charge in [-0.05, 0) is 31.1 Å². The Labute approximate surface area is 110 Å². The topological polar surface area (TPSA) is 56.3 Å². The molecule has 1 unspecified atom stereocenters. The molecule has 2 aliphatic rings. The smallest absolute Gasteiger partial charge is 0.262 e. The van der Waals surface area contributed by atoms with Crippen molar-refractivity contribution in [1.29, 1.82) is 0 Å². The van der Waals surface area contributed by atoms with Crippen molar-refractivity contribution in [3.05, 3.63) is 41.6 Å². The molecular weight excluding hydrogens is 240 g/mol. The summed E-state index contributed by atoms with van der Waals surface area (Å²) < 4.78 is 0. The summed E-state index contributed by atoms with van der Waals surface area (Å²) in [5.41, 5.74) is 2.72. The Hall–Kier alpha value is -2.07. The van der Waals surface area contributed by atoms with Crippen LogP contribution in [-0.4, -0.2) is 33.0 Å². The first-order valence-electron chi connectivity index (χ1n) is 6.45. The van der Waals surface area contributed by atoms with E-state index in [-0.39, 0.29) is 5.91 Å². The molecule has 1 amide bonds. The lowest BCUT2D eigenvalue weighted by molar-refractivity contribution is -0.139. The van der Waals surface area contributed by atoms with Gasteiger partial charge >= 0.3 is 0 Å². The molecule has 2 aliphatic heterocycles. The third kappa shape index (κ3) is 1.29. The lowest BCUT2D eigenvalue weighted by atomic mass is 10.0. The number of hydrogen-bond acceptors (Lipinski definition) is 2. The van der Waals surface area contributed by atoms with Gasteiger partial charge in [0.2, 0.25) is 0 Å². The average Bonchev–Trinajstić information content (AvgIpc) is 2.87. The van der Waals surface area contributed by atoms with E-state index < -0.39 is 5.60 Å². The van der Waals surface area contributed by atoms with Gasteiger partial charge in [0.1, 0.15) is 0 Å². The SMILES string of the molecule is CC1(O)C=C2c3[nH]c4ccccc4c3CCN2C1=O. The number of aromatic amines is 1. The van der Waals surface area contributed by atoms with Gasteiger partial charge in [-0.1, -0.05) is 18.2 Å². The Bertz CT molecular complexity index is 740. The van der Waals surface area contributed by atoms with Gasteiger partial charge in [0.05, 0.1) is 11.4 Å². The quantitative estimate of drug-likeness (QED) is 0.751. The maximum Gasteiger partial charge on any atom is 0.262 e. The van der Waals surface area contributed by atoms with Crippen LogP contribution in [0.3, 0.4) is 0 Å². The maximum absolute atomic E-state index is 12.1. The number of aromatic nitrogens is 1. The van der Waals surface area contributed by atoms with E-state index in [1.807, 2.05) is 18.2 Å². The van der Waals surface area contributed by atoms with E-state index in [1.165, 1.54) is 10.9 Å². The van der Waals surface area contributed by atoms with Crippen molar-refractivity contribution in [3.8, 4) is 0 Å². The number of H-pyrrole nitrogens is 1. The highest BCUT2D eigenvalue weighted by molar-refractivity contribution is 6.03. The molecule has 0 saturated carbocycles. The van der Waals surface area contributed by atoms with Crippen LogP contribution >= 0.6 is 0 Å². The minimum atomic E-state index is -1.38. The minimum Gasteiger partial charge on any atom is -0.376 e. The van der Waals surface area contributed by atoms with Gasteiger partial charge in [-0.15, -0.1) is 0 Å². The summed E-state index contributed by atoms with van der Waals surface area (Å²) >= 11 is 0. The fourth-order valence-corrected chi connectivity index (χ4v) is 3.12. The van der Waals surface area contributed by atoms with Crippen LogP contribution in [0, 0.1) is 0 Å². The highest BCUT2D eigenvalue weighted by Crippen LogP contribution is 2.39. The largest absolute Gasteiger partial charge is 0.376 e. The fraction of sp³-hybridized carbons (Fsp3) is 0.267. The van der Waals surface area contributed by atoms with E-state index in [1.54, 1.807) is 17.9 Å². The Balaban J connectivity index is 1.99. The number of benzene rings is 1. The van der Waals surface area contributed by atoms with Crippen molar-refractivity contribution in [2.24, 2.45) is 0 Å². The summed E-state index contributed by atoms with van der Waals surface area (Å²) in [4.78, 5) is 17.1. The second-order valence-electron chi connectivity index (χ2n) is 5.41. The molecule has 3 heterocycles. The van der Waals surface area contributed by atoms with Crippen molar-refractivity contribution in [1.82, 2.24) is 9.88 Å². The van der Waals surface area contributed by atoms with Gasteiger partial charge in [0.15, 0.2) is 5.60 Å². The Morgan fingerprint density at radius 1 is 1.37 bits per heavy atom. The summed E-state index contributed by atoms with van der Waals surface area (Å²) in [7, 11) is 0. The zero-order valence-corrected chi connectivity index (χ0v) is 10.6. The van der Waals surface area contributed by atoms with Gasteiger partial charge in [-0.2, -0.15) is 0 Å². The number of aliphatic hydroxyl groups is 1. The first kappa shape index (κ1) is 10.8. The number of carbonyl (C=O) groups excluding carboxylic acids is 1. The predicted octanol–water partition coefficient (Wildman–Crippen LogP) is 1.66. The number of nitrogens with one attached hydrogen (secondary N) is 1. The van der Waals surface area contributed by atoms with Crippen LogP contribution in [0.25, 0.3) is 16.6 Å². The first-order valence-corrected chi connectivity index (χ1v) is 6.45. The lowest BCUT2D eigenvalue weighted by Gasteiger charge is -2.26. The molecule has 0 aliphatic carbocycles. The number of amides is 1. The fourth-order valence-electron chi connectivity index (χ4n) is 3.12. The highest BCUT2D eigenvalue weighted by Gasteiger charge is 2.44. The molecule has 19 heavy (non-hydrogen) atoms. The number of hydrogen-bond donors (Lipinski definition) is 2. The van der Waals surface area contributed by atoms with Crippen LogP contribution < -0.4 is 0 Å². The minimum absolute atomic E-state index is 0.230. The average molecular weight is 254 g/mol. The van der Waals surface area contributed by atoms with Crippen molar-refractivity contribution in [2.45, 2.75) is 18.9 Å². The molecule has 0 bridgehead atoms. The molecule has 2 N–H and O–H groups in total. The van der Waals surface area contributed by atoms with E-state index in [0.717, 1.165) is 23.3 Å². The molecular formula is C15H14N2O2. The van der Waals surface area contributed by atoms with Crippen LogP contribution in [-0.2, 0) is 11.2 Å². The van der Waals surface area contributed by atoms with Gasteiger partial charge in [-0.25, -0.2) is 0 Å². The van der Waals surface area contributed by atoms with Gasteiger partial charge < -0.3 is 15.0 Å². The van der Waals surface area contributed by atoms with Crippen molar-refractivity contribution in [2.75, 3.05) is 6.54 Å². The maximum atomic E-state index is 12.1. The normalized spacial score (nSPS) is 25.5. The van der Waals surface area contributed by atoms with Crippen LogP contribution in [0.2, 0.25) is 0 Å². The Morgan fingerprint density at radius 2 is 2.16 bits per heavy atom. The molecule has 1 aromatic carbocycles. The first-order chi connectivity index (χ1) is 9.08. The zero-order valence-electron chi connectivity index (χ0n) is 10.6. The molecule has 0 radical (unpaired) electrons. The van der Waals surface area contributed by atoms with E-state index in [0.29, 0.717) is 6.54 Å². The van der Waals surface area contributed by atoms with Crippen molar-refractivity contribution >= 4 is 22.5 Å². The van der Waals surface area contributed by atoms with E-state index in [2.05, 4.69) is 11.1 Å². The molecule has 0 saturated heterocycles. The molecule has 1 atom stereocenters. The monoisotopic (exact) mass is 254 g/mol. The molecule has 2 aromatic rings. The van der Waals surface area contributed by atoms with Crippen molar-refractivity contribution in [3.63, 3.8) is 0 Å². The zero-order chi connectivity index (χ0) is 13.2. The van der Waals surface area contributed by atoms with E-state index >= 15 is 0 Å². The number of nitrogens with zero attached hydrogens (tertiary/aromatic N) is 1. The highest BCUT2D eigenvalue weighted by atomic mass is 16.3. The molecule has 0 spiro atoms. The Morgan fingerprint density at radius 3 is 3.00 bits per heavy atom. The molecule has 4 rings (SSSR count). The summed E-state index contributed by atoms with van der Waals surface area (Å²) in [5, 5.41) is 11.3. The number of fused-ring (bicyclic) bond motifs is 5. The summed E-state index contributed by atoms with van der Waals surface area (Å²) in [6.07, 6.45) is 2.47. The second kappa shape index (κ2) is 3.27. The summed E-state index contributed by atoms with van der Waals surface area (Å²) in [5.74, 6) is -0.230. The van der Waals surface area contributed by atoms with Crippen LogP contribution in [0.4, 0.5) is 0 Å². The number of rotatable bonds is 0. The summed E-state index contributed by atoms with van der Waals surface area (Å²) in [6, 6.07) is 8.14. The third-order valence-corrected chi connectivity index (χ3v) is 4.04.